The van der Waals surface area contributed by atoms with E-state index in [1.165, 1.54) is 0 Å². The second-order valence-corrected chi connectivity index (χ2v) is 8.75. The van der Waals surface area contributed by atoms with E-state index >= 15 is 0 Å². The molecule has 5 heteroatoms. The van der Waals surface area contributed by atoms with Crippen LogP contribution in [-0.4, -0.2) is 36.9 Å². The number of nitrogens with zero attached hydrogens (tertiary/aromatic N) is 1. The standard InChI is InChI=1S/C28H30N2O3/c1-33-25-15-8-6-12-22(25)18-26(31)30-17-9-16-28(20-30,27(29)32)19-23-13-5-7-14-24(23)21-10-3-2-4-11-21/h2-8,10-15H,9,16-20H2,1H3,(H2,29,32)/t28-/m0/s1. The minimum atomic E-state index is -0.792. The summed E-state index contributed by atoms with van der Waals surface area (Å²) in [6.07, 6.45) is 2.16. The number of likely N-dealkylation sites (tertiary alicyclic amines) is 1. The van der Waals surface area contributed by atoms with Crippen LogP contribution in [0.2, 0.25) is 0 Å². The summed E-state index contributed by atoms with van der Waals surface area (Å²) in [4.78, 5) is 27.8. The monoisotopic (exact) mass is 442 g/mol. The molecule has 2 N–H and O–H groups in total. The minimum absolute atomic E-state index is 0.0128. The minimum Gasteiger partial charge on any atom is -0.496 e. The number of piperidine rings is 1. The van der Waals surface area contributed by atoms with Gasteiger partial charge in [-0.2, -0.15) is 0 Å². The lowest BCUT2D eigenvalue weighted by Crippen LogP contribution is -2.53. The van der Waals surface area contributed by atoms with Crippen LogP contribution in [0.15, 0.2) is 78.9 Å². The van der Waals surface area contributed by atoms with Gasteiger partial charge in [0.1, 0.15) is 5.75 Å². The van der Waals surface area contributed by atoms with E-state index in [2.05, 4.69) is 24.3 Å². The van der Waals surface area contributed by atoms with Gasteiger partial charge in [0.15, 0.2) is 0 Å². The second-order valence-electron chi connectivity index (χ2n) is 8.75. The van der Waals surface area contributed by atoms with Gasteiger partial charge < -0.3 is 15.4 Å². The van der Waals surface area contributed by atoms with Crippen molar-refractivity contribution in [1.82, 2.24) is 4.90 Å². The van der Waals surface area contributed by atoms with E-state index in [1.54, 1.807) is 12.0 Å². The summed E-state index contributed by atoms with van der Waals surface area (Å²) < 4.78 is 5.40. The Hall–Kier alpha value is -3.60. The first-order valence-electron chi connectivity index (χ1n) is 11.4. The van der Waals surface area contributed by atoms with Crippen LogP contribution in [0.3, 0.4) is 0 Å². The van der Waals surface area contributed by atoms with Crippen molar-refractivity contribution in [3.05, 3.63) is 90.0 Å². The third kappa shape index (κ3) is 4.92. The van der Waals surface area contributed by atoms with Gasteiger partial charge in [-0.3, -0.25) is 9.59 Å². The summed E-state index contributed by atoms with van der Waals surface area (Å²) in [5.41, 5.74) is 9.32. The number of hydrogen-bond acceptors (Lipinski definition) is 3. The normalized spacial score (nSPS) is 18.0. The number of methoxy groups -OCH3 is 1. The van der Waals surface area contributed by atoms with E-state index in [-0.39, 0.29) is 18.2 Å². The summed E-state index contributed by atoms with van der Waals surface area (Å²) in [5, 5.41) is 0. The van der Waals surface area contributed by atoms with Crippen molar-refractivity contribution in [1.29, 1.82) is 0 Å². The Bertz CT molecular complexity index is 1130. The maximum atomic E-state index is 13.2. The summed E-state index contributed by atoms with van der Waals surface area (Å²) in [6, 6.07) is 25.8. The SMILES string of the molecule is COc1ccccc1CC(=O)N1CCC[C@@](Cc2ccccc2-c2ccccc2)(C(N)=O)C1. The largest absolute Gasteiger partial charge is 0.496 e. The van der Waals surface area contributed by atoms with Crippen molar-refractivity contribution < 1.29 is 14.3 Å². The molecule has 33 heavy (non-hydrogen) atoms. The number of para-hydroxylation sites is 1. The third-order valence-electron chi connectivity index (χ3n) is 6.62. The number of carbonyl (C=O) groups is 2. The molecule has 0 radical (unpaired) electrons. The highest BCUT2D eigenvalue weighted by Gasteiger charge is 2.42. The highest BCUT2D eigenvalue weighted by molar-refractivity contribution is 5.85. The van der Waals surface area contributed by atoms with Crippen molar-refractivity contribution in [2.75, 3.05) is 20.2 Å². The quantitative estimate of drug-likeness (QED) is 0.595. The van der Waals surface area contributed by atoms with E-state index in [0.717, 1.165) is 28.7 Å². The van der Waals surface area contributed by atoms with Crippen LogP contribution in [0.25, 0.3) is 11.1 Å². The molecular formula is C28H30N2O3. The fraction of sp³-hybridized carbons (Fsp3) is 0.286. The number of nitrogens with two attached hydrogens (primary N) is 1. The summed E-state index contributed by atoms with van der Waals surface area (Å²) in [7, 11) is 1.60. The smallest absolute Gasteiger partial charge is 0.227 e. The average Bonchev–Trinajstić information content (AvgIpc) is 2.85. The first-order valence-corrected chi connectivity index (χ1v) is 11.4. The first kappa shape index (κ1) is 22.6. The Morgan fingerprint density at radius 2 is 1.61 bits per heavy atom. The molecule has 1 aliphatic rings. The van der Waals surface area contributed by atoms with Crippen LogP contribution in [0, 0.1) is 5.41 Å². The Labute approximate surface area is 195 Å². The molecule has 1 fully saturated rings. The number of benzene rings is 3. The number of hydrogen-bond donors (Lipinski definition) is 1. The number of carbonyl (C=O) groups excluding carboxylic acids is 2. The van der Waals surface area contributed by atoms with Crippen LogP contribution in [0.5, 0.6) is 5.75 Å². The van der Waals surface area contributed by atoms with E-state index in [9.17, 15) is 9.59 Å². The van der Waals surface area contributed by atoms with Crippen molar-refractivity contribution in [2.45, 2.75) is 25.7 Å². The van der Waals surface area contributed by atoms with Gasteiger partial charge in [-0.1, -0.05) is 72.8 Å². The molecular weight excluding hydrogens is 412 g/mol. The summed E-state index contributed by atoms with van der Waals surface area (Å²) in [5.74, 6) is 0.335. The van der Waals surface area contributed by atoms with Gasteiger partial charge in [-0.05, 0) is 42.0 Å². The molecule has 170 valence electrons. The molecule has 0 saturated carbocycles. The molecule has 4 rings (SSSR count). The average molecular weight is 443 g/mol. The fourth-order valence-corrected chi connectivity index (χ4v) is 4.84. The molecule has 0 bridgehead atoms. The second kappa shape index (κ2) is 9.90. The lowest BCUT2D eigenvalue weighted by molar-refractivity contribution is -0.139. The van der Waals surface area contributed by atoms with Crippen LogP contribution in [0.4, 0.5) is 0 Å². The topological polar surface area (TPSA) is 72.6 Å². The van der Waals surface area contributed by atoms with Crippen LogP contribution in [0.1, 0.15) is 24.0 Å². The summed E-state index contributed by atoms with van der Waals surface area (Å²) >= 11 is 0. The zero-order valence-electron chi connectivity index (χ0n) is 19.0. The van der Waals surface area contributed by atoms with Crippen molar-refractivity contribution in [2.24, 2.45) is 11.1 Å². The Balaban J connectivity index is 1.58. The maximum absolute atomic E-state index is 13.2. The molecule has 1 heterocycles. The molecule has 0 spiro atoms. The van der Waals surface area contributed by atoms with Gasteiger partial charge in [0, 0.05) is 18.7 Å². The summed E-state index contributed by atoms with van der Waals surface area (Å²) in [6.45, 7) is 0.961. The molecule has 3 aromatic rings. The molecule has 0 aromatic heterocycles. The molecule has 3 aromatic carbocycles. The maximum Gasteiger partial charge on any atom is 0.227 e. The fourth-order valence-electron chi connectivity index (χ4n) is 4.84. The molecule has 5 nitrogen and oxygen atoms in total. The van der Waals surface area contributed by atoms with Crippen LogP contribution >= 0.6 is 0 Å². The molecule has 2 amide bonds. The molecule has 1 aliphatic heterocycles. The van der Waals surface area contributed by atoms with Crippen LogP contribution in [-0.2, 0) is 22.4 Å². The van der Waals surface area contributed by atoms with Crippen molar-refractivity contribution in [3.8, 4) is 16.9 Å². The molecule has 1 saturated heterocycles. The van der Waals surface area contributed by atoms with Gasteiger partial charge in [-0.25, -0.2) is 0 Å². The Morgan fingerprint density at radius 1 is 0.939 bits per heavy atom. The van der Waals surface area contributed by atoms with Gasteiger partial charge in [0.25, 0.3) is 0 Å². The lowest BCUT2D eigenvalue weighted by atomic mass is 9.73. The highest BCUT2D eigenvalue weighted by Crippen LogP contribution is 2.37. The number of ether oxygens (including phenoxy) is 1. The van der Waals surface area contributed by atoms with Crippen molar-refractivity contribution in [3.63, 3.8) is 0 Å². The zero-order chi connectivity index (χ0) is 23.3. The van der Waals surface area contributed by atoms with E-state index in [1.807, 2.05) is 54.6 Å². The van der Waals surface area contributed by atoms with Crippen molar-refractivity contribution >= 4 is 11.8 Å². The predicted octanol–water partition coefficient (Wildman–Crippen LogP) is 4.24. The van der Waals surface area contributed by atoms with Gasteiger partial charge in [-0.15, -0.1) is 0 Å². The molecule has 0 unspecified atom stereocenters. The van der Waals surface area contributed by atoms with E-state index in [0.29, 0.717) is 31.7 Å². The molecule has 1 atom stereocenters. The highest BCUT2D eigenvalue weighted by atomic mass is 16.5. The number of amides is 2. The number of rotatable bonds is 7. The number of primary amides is 1. The van der Waals surface area contributed by atoms with E-state index < -0.39 is 5.41 Å². The lowest BCUT2D eigenvalue weighted by Gasteiger charge is -2.41. The Kier molecular flexibility index (Phi) is 6.78. The van der Waals surface area contributed by atoms with Gasteiger partial charge in [0.05, 0.1) is 18.9 Å². The Morgan fingerprint density at radius 3 is 2.33 bits per heavy atom. The third-order valence-corrected chi connectivity index (χ3v) is 6.62. The predicted molar refractivity (Wildman–Crippen MR) is 130 cm³/mol. The zero-order valence-corrected chi connectivity index (χ0v) is 19.0. The van der Waals surface area contributed by atoms with Gasteiger partial charge >= 0.3 is 0 Å². The van der Waals surface area contributed by atoms with Gasteiger partial charge in [0.2, 0.25) is 11.8 Å². The first-order chi connectivity index (χ1) is 16.0. The molecule has 0 aliphatic carbocycles. The van der Waals surface area contributed by atoms with E-state index in [4.69, 9.17) is 10.5 Å². The van der Waals surface area contributed by atoms with Crippen LogP contribution < -0.4 is 10.5 Å².